The van der Waals surface area contributed by atoms with E-state index in [0.29, 0.717) is 27.4 Å². The van der Waals surface area contributed by atoms with E-state index in [4.69, 9.17) is 0 Å². The van der Waals surface area contributed by atoms with Crippen LogP contribution in [0.2, 0.25) is 0 Å². The lowest BCUT2D eigenvalue weighted by atomic mass is 10.1. The van der Waals surface area contributed by atoms with Gasteiger partial charge in [0.1, 0.15) is 6.54 Å². The molecule has 1 amide bonds. The molecule has 0 bridgehead atoms. The largest absolute Gasteiger partial charge is 0.371 e. The van der Waals surface area contributed by atoms with Gasteiger partial charge in [0.25, 0.3) is 11.6 Å². The first-order valence-electron chi connectivity index (χ1n) is 12.4. The number of aromatic nitrogens is 1. The molecule has 0 saturated carbocycles. The summed E-state index contributed by atoms with van der Waals surface area (Å²) in [7, 11) is 0. The van der Waals surface area contributed by atoms with E-state index in [2.05, 4.69) is 15.4 Å². The Kier molecular flexibility index (Phi) is 6.93. The van der Waals surface area contributed by atoms with Crippen molar-refractivity contribution < 1.29 is 9.72 Å². The fraction of sp³-hybridized carbons (Fsp3) is 0.250. The van der Waals surface area contributed by atoms with E-state index in [1.54, 1.807) is 34.9 Å². The monoisotopic (exact) mass is 497 g/mol. The minimum absolute atomic E-state index is 0.0300. The summed E-state index contributed by atoms with van der Waals surface area (Å²) in [6, 6.07) is 19.1. The Labute approximate surface area is 213 Å². The highest BCUT2D eigenvalue weighted by Gasteiger charge is 2.17. The second-order valence-electron chi connectivity index (χ2n) is 9.14. The minimum atomic E-state index is -0.436. The van der Waals surface area contributed by atoms with Crippen molar-refractivity contribution in [1.82, 2.24) is 9.99 Å². The number of pyridine rings is 1. The molecule has 9 nitrogen and oxygen atoms in total. The lowest BCUT2D eigenvalue weighted by molar-refractivity contribution is -0.384. The maximum absolute atomic E-state index is 12.9. The Bertz CT molecular complexity index is 1510. The van der Waals surface area contributed by atoms with Gasteiger partial charge in [-0.05, 0) is 43.2 Å². The third-order valence-corrected chi connectivity index (χ3v) is 6.74. The van der Waals surface area contributed by atoms with Crippen LogP contribution in [0.15, 0.2) is 76.6 Å². The number of benzene rings is 3. The number of nitrogens with one attached hydrogen (secondary N) is 1. The summed E-state index contributed by atoms with van der Waals surface area (Å²) in [6.07, 6.45) is 5.92. The van der Waals surface area contributed by atoms with Crippen LogP contribution in [0.4, 0.5) is 11.4 Å². The third-order valence-electron chi connectivity index (χ3n) is 6.74. The van der Waals surface area contributed by atoms with Crippen LogP contribution >= 0.6 is 0 Å². The Morgan fingerprint density at radius 2 is 1.57 bits per heavy atom. The third kappa shape index (κ3) is 5.06. The summed E-state index contributed by atoms with van der Waals surface area (Å²) < 4.78 is 1.80. The van der Waals surface area contributed by atoms with Crippen molar-refractivity contribution in [1.29, 1.82) is 0 Å². The van der Waals surface area contributed by atoms with E-state index in [1.165, 1.54) is 18.3 Å². The Hall–Kier alpha value is -4.53. The van der Waals surface area contributed by atoms with Gasteiger partial charge in [0, 0.05) is 47.2 Å². The lowest BCUT2D eigenvalue weighted by Gasteiger charge is -2.24. The topological polar surface area (TPSA) is 110 Å². The van der Waals surface area contributed by atoms with Gasteiger partial charge in [-0.1, -0.05) is 37.1 Å². The fourth-order valence-corrected chi connectivity index (χ4v) is 4.96. The second-order valence-corrected chi connectivity index (χ2v) is 9.14. The number of nitrogens with zero attached hydrogens (tertiary/aromatic N) is 4. The van der Waals surface area contributed by atoms with Gasteiger partial charge in [0.05, 0.1) is 22.2 Å². The maximum Gasteiger partial charge on any atom is 0.270 e. The first-order chi connectivity index (χ1) is 18.0. The number of rotatable bonds is 6. The van der Waals surface area contributed by atoms with E-state index < -0.39 is 4.92 Å². The van der Waals surface area contributed by atoms with Gasteiger partial charge in [-0.3, -0.25) is 19.7 Å². The highest BCUT2D eigenvalue weighted by molar-refractivity contribution is 5.95. The lowest BCUT2D eigenvalue weighted by Crippen LogP contribution is -2.26. The van der Waals surface area contributed by atoms with Crippen LogP contribution in [0.1, 0.15) is 31.2 Å². The predicted molar refractivity (Wildman–Crippen MR) is 145 cm³/mol. The van der Waals surface area contributed by atoms with E-state index >= 15 is 0 Å². The molecule has 0 aliphatic carbocycles. The number of amides is 1. The van der Waals surface area contributed by atoms with Gasteiger partial charge in [0.2, 0.25) is 0 Å². The molecule has 2 heterocycles. The number of hydrogen-bond donors (Lipinski definition) is 1. The SMILES string of the molecule is O=C(Cn1c2ccccc2c(=O)c2ccccc21)N/N=C\c1cc([N+](=O)[O-])ccc1N1CCCCCC1. The second kappa shape index (κ2) is 10.6. The van der Waals surface area contributed by atoms with Crippen molar-refractivity contribution in [3.63, 3.8) is 0 Å². The average molecular weight is 498 g/mol. The number of para-hydroxylation sites is 2. The molecular weight excluding hydrogens is 470 g/mol. The first-order valence-corrected chi connectivity index (χ1v) is 12.4. The van der Waals surface area contributed by atoms with Crippen LogP contribution < -0.4 is 15.8 Å². The van der Waals surface area contributed by atoms with E-state index in [9.17, 15) is 19.7 Å². The number of anilines is 1. The van der Waals surface area contributed by atoms with Crippen molar-refractivity contribution in [2.75, 3.05) is 18.0 Å². The predicted octanol–water partition coefficient (Wildman–Crippen LogP) is 4.59. The molecule has 1 N–H and O–H groups in total. The fourth-order valence-electron chi connectivity index (χ4n) is 4.96. The van der Waals surface area contributed by atoms with Crippen molar-refractivity contribution >= 4 is 45.3 Å². The summed E-state index contributed by atoms with van der Waals surface area (Å²) in [4.78, 5) is 39.0. The molecule has 5 rings (SSSR count). The number of nitro groups is 1. The molecule has 1 aliphatic heterocycles. The number of carbonyl (C=O) groups excluding carboxylic acids is 1. The molecule has 37 heavy (non-hydrogen) atoms. The molecule has 3 aromatic carbocycles. The van der Waals surface area contributed by atoms with E-state index in [1.807, 2.05) is 24.3 Å². The molecule has 1 aromatic heterocycles. The normalized spacial score (nSPS) is 14.2. The molecular formula is C28H27N5O4. The zero-order valence-corrected chi connectivity index (χ0v) is 20.3. The van der Waals surface area contributed by atoms with Crippen molar-refractivity contribution in [3.05, 3.63) is 92.6 Å². The van der Waals surface area contributed by atoms with Crippen molar-refractivity contribution in [2.24, 2.45) is 5.10 Å². The molecule has 0 atom stereocenters. The highest BCUT2D eigenvalue weighted by Crippen LogP contribution is 2.27. The van der Waals surface area contributed by atoms with Crippen LogP contribution in [0.5, 0.6) is 0 Å². The molecule has 0 unspecified atom stereocenters. The number of non-ortho nitro benzene ring substituents is 1. The Balaban J connectivity index is 1.42. The first kappa shape index (κ1) is 24.2. The summed E-state index contributed by atoms with van der Waals surface area (Å²) >= 11 is 0. The maximum atomic E-state index is 12.9. The molecule has 188 valence electrons. The zero-order chi connectivity index (χ0) is 25.8. The molecule has 0 radical (unpaired) electrons. The molecule has 1 saturated heterocycles. The average Bonchev–Trinajstić information content (AvgIpc) is 3.20. The molecule has 9 heteroatoms. The molecule has 0 spiro atoms. The summed E-state index contributed by atoms with van der Waals surface area (Å²) in [5.74, 6) is -0.378. The van der Waals surface area contributed by atoms with Gasteiger partial charge in [-0.15, -0.1) is 0 Å². The van der Waals surface area contributed by atoms with Gasteiger partial charge >= 0.3 is 0 Å². The smallest absolute Gasteiger partial charge is 0.270 e. The number of hydrogen-bond acceptors (Lipinski definition) is 6. The van der Waals surface area contributed by atoms with E-state index in [0.717, 1.165) is 44.5 Å². The summed E-state index contributed by atoms with van der Waals surface area (Å²) in [5, 5.41) is 16.6. The van der Waals surface area contributed by atoms with Crippen LogP contribution in [-0.2, 0) is 11.3 Å². The van der Waals surface area contributed by atoms with Crippen LogP contribution in [0, 0.1) is 10.1 Å². The van der Waals surface area contributed by atoms with Crippen molar-refractivity contribution in [3.8, 4) is 0 Å². The number of nitro benzene ring substituents is 1. The quantitative estimate of drug-likeness (QED) is 0.181. The van der Waals surface area contributed by atoms with E-state index in [-0.39, 0.29) is 23.6 Å². The van der Waals surface area contributed by atoms with Crippen LogP contribution in [0.25, 0.3) is 21.8 Å². The standard InChI is InChI=1S/C28H27N5O4/c34-27(19-32-25-11-5-3-9-22(25)28(35)23-10-4-6-12-26(23)32)30-29-18-20-17-21(33(36)37)13-14-24(20)31-15-7-1-2-8-16-31/h3-6,9-14,17-18H,1-2,7-8,15-16,19H2,(H,30,34)/b29-18-. The summed E-state index contributed by atoms with van der Waals surface area (Å²) in [5.41, 5.74) is 5.21. The van der Waals surface area contributed by atoms with Gasteiger partial charge in [-0.2, -0.15) is 5.10 Å². The van der Waals surface area contributed by atoms with Gasteiger partial charge in [-0.25, -0.2) is 5.43 Å². The highest BCUT2D eigenvalue weighted by atomic mass is 16.6. The summed E-state index contributed by atoms with van der Waals surface area (Å²) in [6.45, 7) is 1.70. The molecule has 4 aromatic rings. The number of fused-ring (bicyclic) bond motifs is 2. The van der Waals surface area contributed by atoms with Gasteiger partial charge in [0.15, 0.2) is 5.43 Å². The minimum Gasteiger partial charge on any atom is -0.371 e. The Morgan fingerprint density at radius 3 is 2.19 bits per heavy atom. The molecule has 1 fully saturated rings. The Morgan fingerprint density at radius 1 is 0.946 bits per heavy atom. The number of carbonyl (C=O) groups is 1. The molecule has 1 aliphatic rings. The van der Waals surface area contributed by atoms with Gasteiger partial charge < -0.3 is 9.47 Å². The van der Waals surface area contributed by atoms with Crippen molar-refractivity contribution in [2.45, 2.75) is 32.2 Å². The zero-order valence-electron chi connectivity index (χ0n) is 20.3. The number of hydrazone groups is 1. The van der Waals surface area contributed by atoms with Crippen LogP contribution in [-0.4, -0.2) is 34.7 Å². The van der Waals surface area contributed by atoms with Crippen LogP contribution in [0.3, 0.4) is 0 Å².